The van der Waals surface area contributed by atoms with Crippen molar-refractivity contribution < 1.29 is 29.5 Å². The average molecular weight is 310 g/mol. The summed E-state index contributed by atoms with van der Waals surface area (Å²) < 4.78 is 16.2. The smallest absolute Gasteiger partial charge is 0.195 e. The summed E-state index contributed by atoms with van der Waals surface area (Å²) >= 11 is 0. The molecule has 1 aromatic carbocycles. The molecule has 2 heterocycles. The molecule has 0 saturated carbocycles. The molecule has 0 amide bonds. The first-order valence-corrected chi connectivity index (χ1v) is 7.54. The molecule has 22 heavy (non-hydrogen) atoms. The maximum atomic E-state index is 10.3. The number of ether oxygens (including phenoxy) is 3. The first-order valence-electron chi connectivity index (χ1n) is 7.54. The highest BCUT2D eigenvalue weighted by atomic mass is 16.7. The van der Waals surface area contributed by atoms with Crippen LogP contribution >= 0.6 is 0 Å². The van der Waals surface area contributed by atoms with E-state index in [0.717, 1.165) is 11.3 Å². The van der Waals surface area contributed by atoms with Gasteiger partial charge in [-0.05, 0) is 30.5 Å². The largest absolute Gasteiger partial charge is 0.497 e. The summed E-state index contributed by atoms with van der Waals surface area (Å²) in [6.45, 7) is 0.228. The van der Waals surface area contributed by atoms with Crippen LogP contribution in [0.1, 0.15) is 24.8 Å². The number of benzene rings is 1. The van der Waals surface area contributed by atoms with Crippen LogP contribution in [0.25, 0.3) is 0 Å². The van der Waals surface area contributed by atoms with E-state index in [2.05, 4.69) is 0 Å². The van der Waals surface area contributed by atoms with Crippen LogP contribution in [0.5, 0.6) is 5.75 Å². The van der Waals surface area contributed by atoms with Gasteiger partial charge in [-0.3, -0.25) is 0 Å². The molecule has 2 fully saturated rings. The van der Waals surface area contributed by atoms with E-state index in [1.54, 1.807) is 7.11 Å². The Morgan fingerprint density at radius 1 is 1.27 bits per heavy atom. The van der Waals surface area contributed by atoms with E-state index < -0.39 is 30.2 Å². The van der Waals surface area contributed by atoms with Gasteiger partial charge in [0.25, 0.3) is 0 Å². The van der Waals surface area contributed by atoms with Gasteiger partial charge in [-0.15, -0.1) is 0 Å². The highest BCUT2D eigenvalue weighted by Gasteiger charge is 2.55. The van der Waals surface area contributed by atoms with E-state index >= 15 is 0 Å². The second-order valence-electron chi connectivity index (χ2n) is 5.95. The van der Waals surface area contributed by atoms with Gasteiger partial charge >= 0.3 is 0 Å². The number of aliphatic hydroxyl groups is 3. The molecule has 0 radical (unpaired) electrons. The standard InChI is InChI=1S/C16H22O6/c1-20-11-6-4-10(5-7-11)9-21-14-13(17)12-3-2-8-16(19,22-12)15(14)18/h4-7,12-15,17-19H,2-3,8-9H2,1H3/t12-,13-,14-,15-,16+/m1/s1. The Labute approximate surface area is 129 Å². The molecule has 5 atom stereocenters. The highest BCUT2D eigenvalue weighted by molar-refractivity contribution is 5.26. The van der Waals surface area contributed by atoms with Crippen LogP contribution in [0, 0.1) is 0 Å². The Kier molecular flexibility index (Phi) is 4.38. The predicted molar refractivity (Wildman–Crippen MR) is 77.3 cm³/mol. The summed E-state index contributed by atoms with van der Waals surface area (Å²) in [5.74, 6) is -0.870. The first kappa shape index (κ1) is 15.7. The van der Waals surface area contributed by atoms with E-state index in [1.165, 1.54) is 0 Å². The van der Waals surface area contributed by atoms with Crippen LogP contribution in [0.15, 0.2) is 24.3 Å². The van der Waals surface area contributed by atoms with Gasteiger partial charge < -0.3 is 29.5 Å². The molecule has 0 spiro atoms. The molecule has 1 aromatic rings. The normalized spacial score (nSPS) is 37.8. The van der Waals surface area contributed by atoms with Gasteiger partial charge in [0, 0.05) is 6.42 Å². The maximum absolute atomic E-state index is 10.3. The number of rotatable bonds is 4. The van der Waals surface area contributed by atoms with E-state index in [9.17, 15) is 15.3 Å². The molecule has 0 aliphatic carbocycles. The zero-order chi connectivity index (χ0) is 15.7. The molecular weight excluding hydrogens is 288 g/mol. The van der Waals surface area contributed by atoms with Crippen molar-refractivity contribution in [1.29, 1.82) is 0 Å². The average Bonchev–Trinajstić information content (AvgIpc) is 2.54. The molecule has 6 heteroatoms. The van der Waals surface area contributed by atoms with Gasteiger partial charge in [-0.2, -0.15) is 0 Å². The molecule has 2 aliphatic heterocycles. The molecule has 0 unspecified atom stereocenters. The Balaban J connectivity index is 1.67. The minimum atomic E-state index is -1.62. The first-order chi connectivity index (χ1) is 10.5. The Bertz CT molecular complexity index is 504. The van der Waals surface area contributed by atoms with Gasteiger partial charge in [0.2, 0.25) is 0 Å². The zero-order valence-corrected chi connectivity index (χ0v) is 12.5. The third-order valence-electron chi connectivity index (χ3n) is 4.47. The summed E-state index contributed by atoms with van der Waals surface area (Å²) in [7, 11) is 1.60. The summed E-state index contributed by atoms with van der Waals surface area (Å²) in [5, 5.41) is 30.9. The van der Waals surface area contributed by atoms with Crippen LogP contribution < -0.4 is 4.74 Å². The van der Waals surface area contributed by atoms with Crippen LogP contribution in [0.4, 0.5) is 0 Å². The van der Waals surface area contributed by atoms with Crippen molar-refractivity contribution in [2.75, 3.05) is 7.11 Å². The minimum Gasteiger partial charge on any atom is -0.497 e. The van der Waals surface area contributed by atoms with Gasteiger partial charge in [-0.25, -0.2) is 0 Å². The van der Waals surface area contributed by atoms with Crippen molar-refractivity contribution >= 4 is 0 Å². The van der Waals surface area contributed by atoms with Crippen molar-refractivity contribution in [2.24, 2.45) is 0 Å². The van der Waals surface area contributed by atoms with Gasteiger partial charge in [0.1, 0.15) is 24.1 Å². The molecule has 0 aromatic heterocycles. The Hall–Kier alpha value is -1.18. The summed E-state index contributed by atoms with van der Waals surface area (Å²) in [6, 6.07) is 7.34. The molecule has 3 N–H and O–H groups in total. The molecule has 6 nitrogen and oxygen atoms in total. The number of hydrogen-bond donors (Lipinski definition) is 3. The topological polar surface area (TPSA) is 88.4 Å². The van der Waals surface area contributed by atoms with E-state index in [1.807, 2.05) is 24.3 Å². The lowest BCUT2D eigenvalue weighted by Crippen LogP contribution is -2.66. The third-order valence-corrected chi connectivity index (χ3v) is 4.47. The molecular formula is C16H22O6. The molecule has 2 bridgehead atoms. The molecule has 2 aliphatic rings. The quantitative estimate of drug-likeness (QED) is 0.754. The van der Waals surface area contributed by atoms with Gasteiger partial charge in [0.05, 0.1) is 19.8 Å². The highest BCUT2D eigenvalue weighted by Crippen LogP contribution is 2.39. The fourth-order valence-corrected chi connectivity index (χ4v) is 3.15. The van der Waals surface area contributed by atoms with Crippen LogP contribution in [0.3, 0.4) is 0 Å². The van der Waals surface area contributed by atoms with Crippen molar-refractivity contribution in [2.45, 2.75) is 56.1 Å². The fraction of sp³-hybridized carbons (Fsp3) is 0.625. The number of fused-ring (bicyclic) bond motifs is 2. The second-order valence-corrected chi connectivity index (χ2v) is 5.95. The monoisotopic (exact) mass is 310 g/mol. The lowest BCUT2D eigenvalue weighted by atomic mass is 9.83. The van der Waals surface area contributed by atoms with Crippen LogP contribution in [-0.4, -0.2) is 52.6 Å². The van der Waals surface area contributed by atoms with Gasteiger partial charge in [0.15, 0.2) is 5.79 Å². The molecule has 122 valence electrons. The van der Waals surface area contributed by atoms with Crippen molar-refractivity contribution in [1.82, 2.24) is 0 Å². The third kappa shape index (κ3) is 2.85. The lowest BCUT2D eigenvalue weighted by Gasteiger charge is -2.50. The predicted octanol–water partition coefficient (Wildman–Crippen LogP) is 0.573. The minimum absolute atomic E-state index is 0.228. The SMILES string of the molecule is COc1ccc(CO[C@@H]2[C@H](O)[C@H]3CCC[C@](O)(O3)[C@@H]2O)cc1. The maximum Gasteiger partial charge on any atom is 0.195 e. The van der Waals surface area contributed by atoms with E-state index in [-0.39, 0.29) is 6.61 Å². The van der Waals surface area contributed by atoms with E-state index in [4.69, 9.17) is 14.2 Å². The summed E-state index contributed by atoms with van der Waals surface area (Å²) in [5.41, 5.74) is 0.892. The lowest BCUT2D eigenvalue weighted by molar-refractivity contribution is -0.367. The molecule has 3 rings (SSSR count). The second kappa shape index (κ2) is 6.14. The van der Waals surface area contributed by atoms with Gasteiger partial charge in [-0.1, -0.05) is 12.1 Å². The van der Waals surface area contributed by atoms with Crippen molar-refractivity contribution in [3.05, 3.63) is 29.8 Å². The fourth-order valence-electron chi connectivity index (χ4n) is 3.15. The van der Waals surface area contributed by atoms with Crippen molar-refractivity contribution in [3.8, 4) is 5.75 Å². The van der Waals surface area contributed by atoms with E-state index in [0.29, 0.717) is 19.3 Å². The molecule has 2 saturated heterocycles. The van der Waals surface area contributed by atoms with Crippen molar-refractivity contribution in [3.63, 3.8) is 0 Å². The number of methoxy groups -OCH3 is 1. The van der Waals surface area contributed by atoms with Crippen LogP contribution in [-0.2, 0) is 16.1 Å². The zero-order valence-electron chi connectivity index (χ0n) is 12.5. The Morgan fingerprint density at radius 2 is 2.00 bits per heavy atom. The number of aliphatic hydroxyl groups excluding tert-OH is 2. The summed E-state index contributed by atoms with van der Waals surface area (Å²) in [6.07, 6.45) is -1.88. The Morgan fingerprint density at radius 3 is 2.68 bits per heavy atom. The van der Waals surface area contributed by atoms with Crippen LogP contribution in [0.2, 0.25) is 0 Å². The summed E-state index contributed by atoms with van der Waals surface area (Å²) in [4.78, 5) is 0. The number of hydrogen-bond acceptors (Lipinski definition) is 6.